The van der Waals surface area contributed by atoms with E-state index in [9.17, 15) is 4.57 Å². The van der Waals surface area contributed by atoms with Crippen LogP contribution in [0.2, 0.25) is 0 Å². The van der Waals surface area contributed by atoms with Gasteiger partial charge in [0, 0.05) is 0 Å². The maximum atomic E-state index is 10.2. The molecule has 0 aromatic heterocycles. The van der Waals surface area contributed by atoms with Gasteiger partial charge in [0.15, 0.2) is 0 Å². The zero-order valence-corrected chi connectivity index (χ0v) is 6.41. The summed E-state index contributed by atoms with van der Waals surface area (Å²) in [5.74, 6) is 0. The van der Waals surface area contributed by atoms with Crippen LogP contribution in [0.4, 0.5) is 0 Å². The zero-order chi connectivity index (χ0) is 6.41. The van der Waals surface area contributed by atoms with Gasteiger partial charge in [0.25, 0.3) is 0 Å². The standard InChI is InChI=1S/C2H5Cl2O3P/c3-1-6-8(5)7-2-4/h8H,1-2H2. The molecule has 0 heterocycles. The first-order valence-corrected chi connectivity index (χ1v) is 4.02. The van der Waals surface area contributed by atoms with E-state index in [4.69, 9.17) is 23.2 Å². The normalized spacial score (nSPS) is 10.4. The van der Waals surface area contributed by atoms with Crippen molar-refractivity contribution in [3.8, 4) is 0 Å². The highest BCUT2D eigenvalue weighted by molar-refractivity contribution is 7.33. The Bertz CT molecular complexity index is 69.7. The van der Waals surface area contributed by atoms with Crippen LogP contribution in [0.5, 0.6) is 0 Å². The molecule has 0 fully saturated rings. The van der Waals surface area contributed by atoms with Crippen molar-refractivity contribution >= 4 is 31.5 Å². The number of hydrogen-bond donors (Lipinski definition) is 0. The van der Waals surface area contributed by atoms with E-state index in [2.05, 4.69) is 9.05 Å². The molecule has 0 aliphatic carbocycles. The summed E-state index contributed by atoms with van der Waals surface area (Å²) in [6.07, 6.45) is 0. The molecular weight excluding hydrogens is 174 g/mol. The highest BCUT2D eigenvalue weighted by Gasteiger charge is 1.93. The molecule has 0 unspecified atom stereocenters. The zero-order valence-electron chi connectivity index (χ0n) is 3.89. The van der Waals surface area contributed by atoms with E-state index in [-0.39, 0.29) is 12.1 Å². The predicted molar refractivity (Wildman–Crippen MR) is 32.6 cm³/mol. The largest absolute Gasteiger partial charge is 0.321 e. The minimum atomic E-state index is -2.41. The first kappa shape index (κ1) is 8.73. The topological polar surface area (TPSA) is 35.5 Å². The molecule has 6 heteroatoms. The lowest BCUT2D eigenvalue weighted by molar-refractivity contribution is 0.281. The van der Waals surface area contributed by atoms with Gasteiger partial charge in [0.05, 0.1) is 0 Å². The van der Waals surface area contributed by atoms with E-state index in [0.717, 1.165) is 0 Å². The molecular formula is C2H5Cl2O3P. The Hall–Kier alpha value is 0.730. The SMILES string of the molecule is O=[PH](OCCl)OCCl. The summed E-state index contributed by atoms with van der Waals surface area (Å²) in [5, 5.41) is 0. The molecule has 0 aliphatic heterocycles. The van der Waals surface area contributed by atoms with Gasteiger partial charge in [-0.15, -0.1) is 0 Å². The summed E-state index contributed by atoms with van der Waals surface area (Å²) in [7, 11) is -2.41. The maximum Gasteiger partial charge on any atom is 0.321 e. The van der Waals surface area contributed by atoms with Gasteiger partial charge in [-0.25, -0.2) is 0 Å². The van der Waals surface area contributed by atoms with Gasteiger partial charge in [-0.3, -0.25) is 13.6 Å². The minimum Gasteiger partial charge on any atom is -0.294 e. The van der Waals surface area contributed by atoms with Crippen LogP contribution in [0.25, 0.3) is 0 Å². The lowest BCUT2D eigenvalue weighted by Crippen LogP contribution is -1.78. The van der Waals surface area contributed by atoms with E-state index in [1.807, 2.05) is 0 Å². The third-order valence-corrected chi connectivity index (χ3v) is 1.69. The van der Waals surface area contributed by atoms with Gasteiger partial charge in [0.1, 0.15) is 12.1 Å². The molecule has 8 heavy (non-hydrogen) atoms. The highest BCUT2D eigenvalue weighted by atomic mass is 35.5. The van der Waals surface area contributed by atoms with Crippen molar-refractivity contribution in [3.05, 3.63) is 0 Å². The molecule has 0 saturated carbocycles. The average Bonchev–Trinajstić information content (AvgIpc) is 1.68. The van der Waals surface area contributed by atoms with Gasteiger partial charge in [0.2, 0.25) is 0 Å². The van der Waals surface area contributed by atoms with E-state index in [1.165, 1.54) is 0 Å². The Morgan fingerprint density at radius 2 is 1.62 bits per heavy atom. The number of halogens is 2. The van der Waals surface area contributed by atoms with Crippen LogP contribution in [-0.4, -0.2) is 12.1 Å². The van der Waals surface area contributed by atoms with Gasteiger partial charge >= 0.3 is 8.25 Å². The summed E-state index contributed by atoms with van der Waals surface area (Å²) in [6.45, 7) is 0. The number of rotatable bonds is 4. The molecule has 0 saturated heterocycles. The van der Waals surface area contributed by atoms with E-state index < -0.39 is 8.25 Å². The molecule has 0 spiro atoms. The van der Waals surface area contributed by atoms with Crippen molar-refractivity contribution in [2.45, 2.75) is 0 Å². The van der Waals surface area contributed by atoms with Crippen LogP contribution in [-0.2, 0) is 13.6 Å². The van der Waals surface area contributed by atoms with Crippen LogP contribution in [0.3, 0.4) is 0 Å². The molecule has 0 N–H and O–H groups in total. The van der Waals surface area contributed by atoms with Crippen molar-refractivity contribution < 1.29 is 13.6 Å². The molecule has 0 amide bonds. The summed E-state index contributed by atoms with van der Waals surface area (Å²) in [5.41, 5.74) is 0. The van der Waals surface area contributed by atoms with Crippen molar-refractivity contribution in [2.24, 2.45) is 0 Å². The molecule has 0 aromatic rings. The summed E-state index contributed by atoms with van der Waals surface area (Å²) in [6, 6.07) is -0.261. The minimum absolute atomic E-state index is 0.130. The third kappa shape index (κ3) is 4.88. The Kier molecular flexibility index (Phi) is 6.39. The molecule has 0 aromatic carbocycles. The van der Waals surface area contributed by atoms with Crippen molar-refractivity contribution in [2.75, 3.05) is 12.1 Å². The summed E-state index contributed by atoms with van der Waals surface area (Å²) < 4.78 is 18.8. The Morgan fingerprint density at radius 3 is 1.88 bits per heavy atom. The van der Waals surface area contributed by atoms with Crippen LogP contribution < -0.4 is 0 Å². The quantitative estimate of drug-likeness (QED) is 0.487. The summed E-state index contributed by atoms with van der Waals surface area (Å²) in [4.78, 5) is 0. The second-order valence-electron chi connectivity index (χ2n) is 0.757. The molecule has 0 rings (SSSR count). The molecule has 0 aliphatic rings. The Labute approximate surface area is 57.8 Å². The predicted octanol–water partition coefficient (Wildman–Crippen LogP) is 1.80. The van der Waals surface area contributed by atoms with Crippen molar-refractivity contribution in [1.29, 1.82) is 0 Å². The maximum absolute atomic E-state index is 10.2. The fraction of sp³-hybridized carbons (Fsp3) is 1.00. The lowest BCUT2D eigenvalue weighted by atomic mass is 11.7. The van der Waals surface area contributed by atoms with Crippen LogP contribution in [0.1, 0.15) is 0 Å². The van der Waals surface area contributed by atoms with Crippen molar-refractivity contribution in [3.63, 3.8) is 0 Å². The van der Waals surface area contributed by atoms with Crippen LogP contribution in [0, 0.1) is 0 Å². The first-order valence-electron chi connectivity index (χ1n) is 1.72. The van der Waals surface area contributed by atoms with Gasteiger partial charge in [-0.2, -0.15) is 0 Å². The second kappa shape index (κ2) is 5.86. The number of hydrogen-bond acceptors (Lipinski definition) is 3. The van der Waals surface area contributed by atoms with E-state index in [0.29, 0.717) is 0 Å². The molecule has 3 nitrogen and oxygen atoms in total. The fourth-order valence-corrected chi connectivity index (χ4v) is 0.927. The number of alkyl halides is 2. The molecule has 0 bridgehead atoms. The molecule has 0 radical (unpaired) electrons. The second-order valence-corrected chi connectivity index (χ2v) is 2.27. The Balaban J connectivity index is 3.06. The monoisotopic (exact) mass is 178 g/mol. The first-order chi connectivity index (χ1) is 3.81. The van der Waals surface area contributed by atoms with Crippen LogP contribution >= 0.6 is 31.5 Å². The fourth-order valence-electron chi connectivity index (χ4n) is 0.131. The molecule has 50 valence electrons. The van der Waals surface area contributed by atoms with E-state index >= 15 is 0 Å². The highest BCUT2D eigenvalue weighted by Crippen LogP contribution is 2.23. The van der Waals surface area contributed by atoms with Crippen LogP contribution in [0.15, 0.2) is 0 Å². The lowest BCUT2D eigenvalue weighted by Gasteiger charge is -1.95. The smallest absolute Gasteiger partial charge is 0.294 e. The third-order valence-electron chi connectivity index (χ3n) is 0.345. The van der Waals surface area contributed by atoms with Crippen molar-refractivity contribution in [1.82, 2.24) is 0 Å². The molecule has 0 atom stereocenters. The Morgan fingerprint density at radius 1 is 1.25 bits per heavy atom. The van der Waals surface area contributed by atoms with Gasteiger partial charge < -0.3 is 0 Å². The average molecular weight is 179 g/mol. The van der Waals surface area contributed by atoms with Gasteiger partial charge in [-0.05, 0) is 0 Å². The van der Waals surface area contributed by atoms with Gasteiger partial charge in [-0.1, -0.05) is 23.2 Å². The van der Waals surface area contributed by atoms with E-state index in [1.54, 1.807) is 0 Å². The summed E-state index contributed by atoms with van der Waals surface area (Å²) >= 11 is 10.0.